The van der Waals surface area contributed by atoms with Crippen molar-refractivity contribution in [3.8, 4) is 0 Å². The molecule has 0 unspecified atom stereocenters. The highest BCUT2D eigenvalue weighted by molar-refractivity contribution is 7.15. The molecule has 4 rings (SSSR count). The van der Waals surface area contributed by atoms with Gasteiger partial charge in [-0.1, -0.05) is 54.9 Å². The Balaban J connectivity index is 1.41. The van der Waals surface area contributed by atoms with Crippen molar-refractivity contribution in [2.75, 3.05) is 10.6 Å². The molecule has 0 spiro atoms. The van der Waals surface area contributed by atoms with Crippen LogP contribution < -0.4 is 10.6 Å². The van der Waals surface area contributed by atoms with Gasteiger partial charge in [-0.25, -0.2) is 0 Å². The van der Waals surface area contributed by atoms with Gasteiger partial charge >= 0.3 is 0 Å². The van der Waals surface area contributed by atoms with E-state index in [1.165, 1.54) is 30.6 Å². The molecule has 0 bridgehead atoms. The lowest BCUT2D eigenvalue weighted by Crippen LogP contribution is -2.14. The van der Waals surface area contributed by atoms with E-state index in [-0.39, 0.29) is 11.8 Å². The van der Waals surface area contributed by atoms with E-state index in [0.29, 0.717) is 27.9 Å². The number of aromatic nitrogens is 2. The van der Waals surface area contributed by atoms with Gasteiger partial charge in [-0.2, -0.15) is 0 Å². The highest BCUT2D eigenvalue weighted by Gasteiger charge is 2.20. The van der Waals surface area contributed by atoms with Gasteiger partial charge in [0.2, 0.25) is 5.13 Å². The lowest BCUT2D eigenvalue weighted by molar-refractivity contribution is 0.101. The molecule has 0 atom stereocenters. The summed E-state index contributed by atoms with van der Waals surface area (Å²) in [6, 6.07) is 15.8. The summed E-state index contributed by atoms with van der Waals surface area (Å²) < 4.78 is 0. The first-order valence-corrected chi connectivity index (χ1v) is 10.6. The number of carbonyl (C=O) groups is 2. The first-order valence-electron chi connectivity index (χ1n) is 9.80. The number of anilines is 2. The monoisotopic (exact) mass is 406 g/mol. The third-order valence-corrected chi connectivity index (χ3v) is 6.04. The van der Waals surface area contributed by atoms with Crippen LogP contribution in [0.1, 0.15) is 63.7 Å². The fraction of sp³-hybridized carbons (Fsp3) is 0.273. The number of carbonyl (C=O) groups excluding carboxylic acids is 2. The molecule has 2 amide bonds. The van der Waals surface area contributed by atoms with E-state index in [0.717, 1.165) is 17.8 Å². The normalized spacial score (nSPS) is 14.3. The van der Waals surface area contributed by atoms with Crippen molar-refractivity contribution in [2.45, 2.75) is 38.0 Å². The maximum absolute atomic E-state index is 12.6. The summed E-state index contributed by atoms with van der Waals surface area (Å²) >= 11 is 1.45. The van der Waals surface area contributed by atoms with Crippen molar-refractivity contribution < 1.29 is 9.59 Å². The number of nitrogens with zero attached hydrogens (tertiary/aromatic N) is 2. The first-order chi connectivity index (χ1) is 14.2. The highest BCUT2D eigenvalue weighted by Crippen LogP contribution is 2.35. The Morgan fingerprint density at radius 2 is 1.55 bits per heavy atom. The van der Waals surface area contributed by atoms with Crippen LogP contribution in [0.4, 0.5) is 10.8 Å². The van der Waals surface area contributed by atoms with Gasteiger partial charge < -0.3 is 5.32 Å². The minimum Gasteiger partial charge on any atom is -0.322 e. The van der Waals surface area contributed by atoms with Gasteiger partial charge in [0.15, 0.2) is 0 Å². The average molecular weight is 407 g/mol. The predicted molar refractivity (Wildman–Crippen MR) is 115 cm³/mol. The molecule has 2 N–H and O–H groups in total. The number of benzene rings is 2. The molecule has 2 aromatic carbocycles. The Morgan fingerprint density at radius 1 is 0.828 bits per heavy atom. The predicted octanol–water partition coefficient (Wildman–Crippen LogP) is 5.09. The molecule has 1 fully saturated rings. The van der Waals surface area contributed by atoms with Crippen LogP contribution in [0.3, 0.4) is 0 Å². The highest BCUT2D eigenvalue weighted by atomic mass is 32.1. The largest absolute Gasteiger partial charge is 0.322 e. The zero-order valence-electron chi connectivity index (χ0n) is 15.9. The van der Waals surface area contributed by atoms with Crippen LogP contribution in [0.2, 0.25) is 0 Å². The van der Waals surface area contributed by atoms with Crippen LogP contribution in [0.5, 0.6) is 0 Å². The van der Waals surface area contributed by atoms with Gasteiger partial charge in [0, 0.05) is 22.7 Å². The van der Waals surface area contributed by atoms with Crippen LogP contribution in [-0.4, -0.2) is 22.0 Å². The van der Waals surface area contributed by atoms with E-state index >= 15 is 0 Å². The van der Waals surface area contributed by atoms with E-state index in [1.54, 1.807) is 36.4 Å². The number of nitrogens with one attached hydrogen (secondary N) is 2. The smallest absolute Gasteiger partial charge is 0.257 e. The Kier molecular flexibility index (Phi) is 5.95. The second-order valence-corrected chi connectivity index (χ2v) is 8.14. The molecule has 148 valence electrons. The van der Waals surface area contributed by atoms with Crippen molar-refractivity contribution in [1.82, 2.24) is 10.2 Å². The van der Waals surface area contributed by atoms with Crippen molar-refractivity contribution >= 4 is 34.0 Å². The molecule has 3 aromatic rings. The van der Waals surface area contributed by atoms with E-state index in [2.05, 4.69) is 20.8 Å². The quantitative estimate of drug-likeness (QED) is 0.618. The molecular formula is C22H22N4O2S. The number of hydrogen-bond donors (Lipinski definition) is 2. The van der Waals surface area contributed by atoms with Crippen LogP contribution in [0, 0.1) is 0 Å². The second-order valence-electron chi connectivity index (χ2n) is 7.14. The SMILES string of the molecule is O=C(Nc1cccc(C(=O)Nc2nnc(C3CCCCC3)s2)c1)c1ccccc1. The zero-order chi connectivity index (χ0) is 20.1. The molecule has 1 aliphatic rings. The number of rotatable bonds is 5. The number of amides is 2. The molecule has 0 aliphatic heterocycles. The lowest BCUT2D eigenvalue weighted by atomic mass is 9.90. The summed E-state index contributed by atoms with van der Waals surface area (Å²) in [5, 5.41) is 15.6. The number of hydrogen-bond acceptors (Lipinski definition) is 5. The fourth-order valence-electron chi connectivity index (χ4n) is 3.50. The molecule has 1 aliphatic carbocycles. The second kappa shape index (κ2) is 8.96. The van der Waals surface area contributed by atoms with Crippen LogP contribution in [0.25, 0.3) is 0 Å². The third kappa shape index (κ3) is 4.86. The molecule has 0 saturated heterocycles. The van der Waals surface area contributed by atoms with Gasteiger partial charge in [0.25, 0.3) is 11.8 Å². The van der Waals surface area contributed by atoms with Crippen molar-refractivity contribution in [3.05, 3.63) is 70.7 Å². The third-order valence-electron chi connectivity index (χ3n) is 5.03. The summed E-state index contributed by atoms with van der Waals surface area (Å²) in [7, 11) is 0. The summed E-state index contributed by atoms with van der Waals surface area (Å²) in [4.78, 5) is 24.9. The minimum atomic E-state index is -0.271. The lowest BCUT2D eigenvalue weighted by Gasteiger charge is -2.18. The molecule has 1 saturated carbocycles. The fourth-order valence-corrected chi connectivity index (χ4v) is 4.41. The van der Waals surface area contributed by atoms with Crippen molar-refractivity contribution in [2.24, 2.45) is 0 Å². The van der Waals surface area contributed by atoms with Crippen LogP contribution in [0.15, 0.2) is 54.6 Å². The van der Waals surface area contributed by atoms with Crippen molar-refractivity contribution in [3.63, 3.8) is 0 Å². The molecule has 0 radical (unpaired) electrons. The Hall–Kier alpha value is -3.06. The topological polar surface area (TPSA) is 84.0 Å². The van der Waals surface area contributed by atoms with Gasteiger partial charge in [-0.05, 0) is 43.2 Å². The summed E-state index contributed by atoms with van der Waals surface area (Å²) in [6.07, 6.45) is 6.04. The van der Waals surface area contributed by atoms with Gasteiger partial charge in [-0.15, -0.1) is 10.2 Å². The van der Waals surface area contributed by atoms with E-state index in [9.17, 15) is 9.59 Å². The Bertz CT molecular complexity index is 997. The Morgan fingerprint density at radius 3 is 2.34 bits per heavy atom. The van der Waals surface area contributed by atoms with E-state index < -0.39 is 0 Å². The average Bonchev–Trinajstić information content (AvgIpc) is 3.23. The van der Waals surface area contributed by atoms with Crippen LogP contribution in [-0.2, 0) is 0 Å². The van der Waals surface area contributed by atoms with E-state index in [4.69, 9.17) is 0 Å². The van der Waals surface area contributed by atoms with Gasteiger partial charge in [0.1, 0.15) is 5.01 Å². The Labute approximate surface area is 173 Å². The minimum absolute atomic E-state index is 0.218. The van der Waals surface area contributed by atoms with Gasteiger partial charge in [-0.3, -0.25) is 14.9 Å². The first kappa shape index (κ1) is 19.3. The molecule has 1 heterocycles. The summed E-state index contributed by atoms with van der Waals surface area (Å²) in [5.74, 6) is -0.0278. The zero-order valence-corrected chi connectivity index (χ0v) is 16.7. The molecular weight excluding hydrogens is 384 g/mol. The summed E-state index contributed by atoms with van der Waals surface area (Å²) in [5.41, 5.74) is 1.57. The maximum Gasteiger partial charge on any atom is 0.257 e. The standard InChI is InChI=1S/C22H22N4O2S/c27-19(15-8-3-1-4-9-15)23-18-13-7-12-17(14-18)20(28)24-22-26-25-21(29-22)16-10-5-2-6-11-16/h1,3-4,7-9,12-14,16H,2,5-6,10-11H2,(H,23,27)(H,24,26,28). The summed E-state index contributed by atoms with van der Waals surface area (Å²) in [6.45, 7) is 0. The van der Waals surface area contributed by atoms with E-state index in [1.807, 2.05) is 18.2 Å². The molecule has 6 nitrogen and oxygen atoms in total. The molecule has 29 heavy (non-hydrogen) atoms. The van der Waals surface area contributed by atoms with Crippen LogP contribution >= 0.6 is 11.3 Å². The molecule has 1 aromatic heterocycles. The molecule has 7 heteroatoms. The maximum atomic E-state index is 12.6. The van der Waals surface area contributed by atoms with Gasteiger partial charge in [0.05, 0.1) is 0 Å². The van der Waals surface area contributed by atoms with Crippen molar-refractivity contribution in [1.29, 1.82) is 0 Å².